The summed E-state index contributed by atoms with van der Waals surface area (Å²) in [5.74, 6) is 0.987. The summed E-state index contributed by atoms with van der Waals surface area (Å²) >= 11 is 1.75. The van der Waals surface area contributed by atoms with Crippen LogP contribution in [0.3, 0.4) is 0 Å². The van der Waals surface area contributed by atoms with Gasteiger partial charge in [0, 0.05) is 13.1 Å². The second-order valence-electron chi connectivity index (χ2n) is 4.78. The molecule has 0 saturated carbocycles. The summed E-state index contributed by atoms with van der Waals surface area (Å²) in [4.78, 5) is 14.4. The Bertz CT molecular complexity index is 235. The Kier molecular flexibility index (Phi) is 4.53. The molecule has 0 spiro atoms. The third-order valence-electron chi connectivity index (χ3n) is 3.73. The summed E-state index contributed by atoms with van der Waals surface area (Å²) in [6.45, 7) is 4.13. The Hall–Kier alpha value is -0.220. The molecule has 0 bridgehead atoms. The third-order valence-corrected chi connectivity index (χ3v) is 4.82. The van der Waals surface area contributed by atoms with Gasteiger partial charge in [-0.3, -0.25) is 4.79 Å². The SMILES string of the molecule is CSC(C(=O)N1CCCC1)C1CCNCC1. The summed E-state index contributed by atoms with van der Waals surface area (Å²) in [5, 5.41) is 3.58. The van der Waals surface area contributed by atoms with E-state index in [1.807, 2.05) is 0 Å². The number of thioether (sulfide) groups is 1. The first kappa shape index (κ1) is 12.2. The average Bonchev–Trinajstić information content (AvgIpc) is 2.85. The molecule has 4 heteroatoms. The van der Waals surface area contributed by atoms with Crippen molar-refractivity contribution in [3.05, 3.63) is 0 Å². The van der Waals surface area contributed by atoms with Crippen molar-refractivity contribution in [1.29, 1.82) is 0 Å². The molecule has 16 heavy (non-hydrogen) atoms. The predicted molar refractivity (Wildman–Crippen MR) is 68.7 cm³/mol. The Morgan fingerprint density at radius 1 is 1.31 bits per heavy atom. The standard InChI is InChI=1S/C12H22N2OS/c1-16-11(10-4-6-13-7-5-10)12(15)14-8-2-3-9-14/h10-11,13H,2-9H2,1H3. The van der Waals surface area contributed by atoms with Crippen LogP contribution in [0, 0.1) is 5.92 Å². The molecule has 1 amide bonds. The molecule has 1 unspecified atom stereocenters. The quantitative estimate of drug-likeness (QED) is 0.810. The van der Waals surface area contributed by atoms with Crippen molar-refractivity contribution in [1.82, 2.24) is 10.2 Å². The number of hydrogen-bond acceptors (Lipinski definition) is 3. The highest BCUT2D eigenvalue weighted by Crippen LogP contribution is 2.27. The van der Waals surface area contributed by atoms with Crippen LogP contribution in [0.15, 0.2) is 0 Å². The minimum absolute atomic E-state index is 0.209. The summed E-state index contributed by atoms with van der Waals surface area (Å²) in [6.07, 6.45) is 6.79. The summed E-state index contributed by atoms with van der Waals surface area (Å²) in [7, 11) is 0. The van der Waals surface area contributed by atoms with Gasteiger partial charge >= 0.3 is 0 Å². The fourth-order valence-electron chi connectivity index (χ4n) is 2.76. The van der Waals surface area contributed by atoms with Crippen molar-refractivity contribution < 1.29 is 4.79 Å². The molecule has 1 N–H and O–H groups in total. The van der Waals surface area contributed by atoms with Crippen molar-refractivity contribution in [2.45, 2.75) is 30.9 Å². The van der Waals surface area contributed by atoms with Crippen LogP contribution >= 0.6 is 11.8 Å². The van der Waals surface area contributed by atoms with Crippen LogP contribution in [0.4, 0.5) is 0 Å². The van der Waals surface area contributed by atoms with E-state index in [9.17, 15) is 4.79 Å². The Morgan fingerprint density at radius 2 is 1.94 bits per heavy atom. The molecule has 3 nitrogen and oxygen atoms in total. The second-order valence-corrected chi connectivity index (χ2v) is 5.76. The van der Waals surface area contributed by atoms with E-state index in [4.69, 9.17) is 0 Å². The van der Waals surface area contributed by atoms with E-state index in [0.717, 1.165) is 39.0 Å². The maximum atomic E-state index is 12.4. The van der Waals surface area contributed by atoms with Gasteiger partial charge in [-0.2, -0.15) is 11.8 Å². The molecule has 0 aromatic carbocycles. The van der Waals surface area contributed by atoms with E-state index in [1.165, 1.54) is 12.8 Å². The molecule has 92 valence electrons. The molecule has 2 fully saturated rings. The zero-order valence-electron chi connectivity index (χ0n) is 10.1. The number of hydrogen-bond donors (Lipinski definition) is 1. The van der Waals surface area contributed by atoms with Gasteiger partial charge in [-0.05, 0) is 50.9 Å². The van der Waals surface area contributed by atoms with Crippen LogP contribution in [0.25, 0.3) is 0 Å². The van der Waals surface area contributed by atoms with Crippen molar-refractivity contribution in [2.24, 2.45) is 5.92 Å². The number of carbonyl (C=O) groups is 1. The molecule has 2 heterocycles. The maximum Gasteiger partial charge on any atom is 0.235 e. The predicted octanol–water partition coefficient (Wildman–Crippen LogP) is 1.34. The van der Waals surface area contributed by atoms with Gasteiger partial charge in [-0.25, -0.2) is 0 Å². The zero-order chi connectivity index (χ0) is 11.4. The van der Waals surface area contributed by atoms with Crippen molar-refractivity contribution in [2.75, 3.05) is 32.4 Å². The number of likely N-dealkylation sites (tertiary alicyclic amines) is 1. The van der Waals surface area contributed by atoms with E-state index in [1.54, 1.807) is 11.8 Å². The number of nitrogens with zero attached hydrogens (tertiary/aromatic N) is 1. The Balaban J connectivity index is 1.94. The normalized spacial score (nSPS) is 24.7. The highest BCUT2D eigenvalue weighted by Gasteiger charge is 2.32. The zero-order valence-corrected chi connectivity index (χ0v) is 10.9. The largest absolute Gasteiger partial charge is 0.342 e. The fraction of sp³-hybridized carbons (Fsp3) is 0.917. The Morgan fingerprint density at radius 3 is 2.50 bits per heavy atom. The highest BCUT2D eigenvalue weighted by atomic mass is 32.2. The summed E-state index contributed by atoms with van der Waals surface area (Å²) < 4.78 is 0. The van der Waals surface area contributed by atoms with Gasteiger partial charge in [0.05, 0.1) is 5.25 Å². The molecular formula is C12H22N2OS. The molecule has 2 aliphatic heterocycles. The first-order valence-corrected chi connectivity index (χ1v) is 7.64. The first-order valence-electron chi connectivity index (χ1n) is 6.35. The summed E-state index contributed by atoms with van der Waals surface area (Å²) in [6, 6.07) is 0. The van der Waals surface area contributed by atoms with Crippen LogP contribution < -0.4 is 5.32 Å². The molecular weight excluding hydrogens is 220 g/mol. The number of piperidine rings is 1. The lowest BCUT2D eigenvalue weighted by molar-refractivity contribution is -0.130. The van der Waals surface area contributed by atoms with E-state index in [0.29, 0.717) is 11.8 Å². The van der Waals surface area contributed by atoms with Crippen LogP contribution in [0.2, 0.25) is 0 Å². The lowest BCUT2D eigenvalue weighted by Gasteiger charge is -2.31. The maximum absolute atomic E-state index is 12.4. The molecule has 0 radical (unpaired) electrons. The summed E-state index contributed by atoms with van der Waals surface area (Å²) in [5.41, 5.74) is 0. The van der Waals surface area contributed by atoms with Crippen molar-refractivity contribution in [3.8, 4) is 0 Å². The first-order chi connectivity index (χ1) is 7.83. The van der Waals surface area contributed by atoms with Gasteiger partial charge in [0.15, 0.2) is 0 Å². The van der Waals surface area contributed by atoms with E-state index < -0.39 is 0 Å². The topological polar surface area (TPSA) is 32.3 Å². The number of carbonyl (C=O) groups excluding carboxylic acids is 1. The van der Waals surface area contributed by atoms with Gasteiger partial charge in [0.1, 0.15) is 0 Å². The monoisotopic (exact) mass is 242 g/mol. The van der Waals surface area contributed by atoms with E-state index >= 15 is 0 Å². The molecule has 2 aliphatic rings. The van der Waals surface area contributed by atoms with Crippen LogP contribution in [-0.4, -0.2) is 48.5 Å². The molecule has 0 aliphatic carbocycles. The minimum atomic E-state index is 0.209. The third kappa shape index (κ3) is 2.72. The molecule has 1 atom stereocenters. The van der Waals surface area contributed by atoms with E-state index in [-0.39, 0.29) is 5.25 Å². The molecule has 0 aromatic rings. The van der Waals surface area contributed by atoms with Crippen LogP contribution in [0.1, 0.15) is 25.7 Å². The number of rotatable bonds is 3. The minimum Gasteiger partial charge on any atom is -0.342 e. The molecule has 2 rings (SSSR count). The highest BCUT2D eigenvalue weighted by molar-refractivity contribution is 7.99. The van der Waals surface area contributed by atoms with Gasteiger partial charge in [0.25, 0.3) is 0 Å². The van der Waals surface area contributed by atoms with Gasteiger partial charge in [-0.1, -0.05) is 0 Å². The van der Waals surface area contributed by atoms with Crippen molar-refractivity contribution in [3.63, 3.8) is 0 Å². The lowest BCUT2D eigenvalue weighted by Crippen LogP contribution is -2.42. The van der Waals surface area contributed by atoms with Crippen LogP contribution in [0.5, 0.6) is 0 Å². The lowest BCUT2D eigenvalue weighted by atomic mass is 9.93. The van der Waals surface area contributed by atoms with Gasteiger partial charge < -0.3 is 10.2 Å². The second kappa shape index (κ2) is 5.92. The smallest absolute Gasteiger partial charge is 0.235 e. The Labute approximate surface area is 102 Å². The number of amides is 1. The van der Waals surface area contributed by atoms with Gasteiger partial charge in [-0.15, -0.1) is 0 Å². The van der Waals surface area contributed by atoms with E-state index in [2.05, 4.69) is 16.5 Å². The van der Waals surface area contributed by atoms with Crippen LogP contribution in [-0.2, 0) is 4.79 Å². The molecule has 0 aromatic heterocycles. The van der Waals surface area contributed by atoms with Gasteiger partial charge in [0.2, 0.25) is 5.91 Å². The fourth-order valence-corrected chi connectivity index (χ4v) is 3.77. The number of nitrogens with one attached hydrogen (secondary N) is 1. The average molecular weight is 242 g/mol. The van der Waals surface area contributed by atoms with Crippen molar-refractivity contribution >= 4 is 17.7 Å². The molecule has 2 saturated heterocycles.